The van der Waals surface area contributed by atoms with Gasteiger partial charge in [0.1, 0.15) is 11.6 Å². The molecule has 8 heteroatoms. The summed E-state index contributed by atoms with van der Waals surface area (Å²) in [7, 11) is 0. The highest BCUT2D eigenvalue weighted by Gasteiger charge is 2.19. The van der Waals surface area contributed by atoms with E-state index in [0.717, 1.165) is 6.07 Å². The van der Waals surface area contributed by atoms with E-state index in [-0.39, 0.29) is 16.7 Å². The van der Waals surface area contributed by atoms with Gasteiger partial charge in [-0.15, -0.1) is 0 Å². The highest BCUT2D eigenvalue weighted by molar-refractivity contribution is 6.30. The van der Waals surface area contributed by atoms with Crippen LogP contribution in [0.25, 0.3) is 16.6 Å². The molecule has 2 aromatic carbocycles. The molecule has 1 heterocycles. The van der Waals surface area contributed by atoms with Gasteiger partial charge in [0.2, 0.25) is 0 Å². The molecule has 1 amide bonds. The van der Waals surface area contributed by atoms with Crippen molar-refractivity contribution in [1.29, 1.82) is 0 Å². The van der Waals surface area contributed by atoms with Crippen molar-refractivity contribution >= 4 is 28.6 Å². The Hall–Kier alpha value is -2.93. The molecular formula is C17H13ClFN3O3. The fourth-order valence-corrected chi connectivity index (χ4v) is 2.76. The molecule has 2 N–H and O–H groups in total. The Balaban J connectivity index is 2.35. The van der Waals surface area contributed by atoms with Gasteiger partial charge in [0.15, 0.2) is 0 Å². The Kier molecular flexibility index (Phi) is 4.41. The van der Waals surface area contributed by atoms with Crippen LogP contribution in [0.2, 0.25) is 5.02 Å². The molecule has 0 radical (unpaired) electrons. The lowest BCUT2D eigenvalue weighted by atomic mass is 10.2. The second-order valence-electron chi connectivity index (χ2n) is 5.42. The monoisotopic (exact) mass is 361 g/mol. The molecule has 3 rings (SSSR count). The van der Waals surface area contributed by atoms with Crippen LogP contribution < -0.4 is 10.9 Å². The number of fused-ring (bicyclic) bond motifs is 1. The zero-order valence-electron chi connectivity index (χ0n) is 13.0. The van der Waals surface area contributed by atoms with Gasteiger partial charge in [-0.2, -0.15) is 0 Å². The van der Waals surface area contributed by atoms with E-state index < -0.39 is 23.5 Å². The Morgan fingerprint density at radius 3 is 2.76 bits per heavy atom. The van der Waals surface area contributed by atoms with Gasteiger partial charge in [-0.3, -0.25) is 9.36 Å². The zero-order chi connectivity index (χ0) is 18.1. The highest BCUT2D eigenvalue weighted by Crippen LogP contribution is 2.20. The third kappa shape index (κ3) is 3.32. The maximum Gasteiger partial charge on any atom is 0.405 e. The molecule has 0 fully saturated rings. The van der Waals surface area contributed by atoms with Crippen molar-refractivity contribution in [3.05, 3.63) is 69.5 Å². The summed E-state index contributed by atoms with van der Waals surface area (Å²) in [6, 6.07) is 9.37. The molecule has 128 valence electrons. The average Bonchev–Trinajstić information content (AvgIpc) is 2.54. The molecule has 6 nitrogen and oxygen atoms in total. The standard InChI is InChI=1S/C17H13ClFN3O3/c1-9(20-17(24)25)15-21-14-6-5-11(19)8-13(14)16(23)22(15)12-4-2-3-10(18)7-12/h2-9,20H,1H3,(H,24,25). The average molecular weight is 362 g/mol. The zero-order valence-corrected chi connectivity index (χ0v) is 13.8. The molecule has 0 aliphatic rings. The normalized spacial score (nSPS) is 12.1. The Labute approximate surface area is 146 Å². The van der Waals surface area contributed by atoms with Crippen molar-refractivity contribution in [1.82, 2.24) is 14.9 Å². The summed E-state index contributed by atoms with van der Waals surface area (Å²) in [5, 5.41) is 11.7. The Morgan fingerprint density at radius 1 is 1.32 bits per heavy atom. The molecule has 1 unspecified atom stereocenters. The number of rotatable bonds is 3. The maximum absolute atomic E-state index is 13.6. The number of aromatic nitrogens is 2. The molecule has 0 bridgehead atoms. The van der Waals surface area contributed by atoms with Crippen molar-refractivity contribution in [2.45, 2.75) is 13.0 Å². The number of hydrogen-bond acceptors (Lipinski definition) is 3. The number of hydrogen-bond donors (Lipinski definition) is 2. The fourth-order valence-electron chi connectivity index (χ4n) is 2.58. The smallest absolute Gasteiger partial charge is 0.405 e. The van der Waals surface area contributed by atoms with Gasteiger partial charge in [-0.05, 0) is 43.3 Å². The second kappa shape index (κ2) is 6.52. The number of amides is 1. The summed E-state index contributed by atoms with van der Waals surface area (Å²) in [6.45, 7) is 1.56. The minimum Gasteiger partial charge on any atom is -0.465 e. The molecule has 0 saturated carbocycles. The van der Waals surface area contributed by atoms with Gasteiger partial charge >= 0.3 is 6.09 Å². The van der Waals surface area contributed by atoms with Crippen molar-refractivity contribution in [2.24, 2.45) is 0 Å². The first-order chi connectivity index (χ1) is 11.9. The van der Waals surface area contributed by atoms with E-state index in [9.17, 15) is 14.0 Å². The van der Waals surface area contributed by atoms with Gasteiger partial charge in [-0.25, -0.2) is 14.2 Å². The molecule has 3 aromatic rings. The largest absolute Gasteiger partial charge is 0.465 e. The predicted molar refractivity (Wildman–Crippen MR) is 91.9 cm³/mol. The molecule has 0 aliphatic heterocycles. The van der Waals surface area contributed by atoms with Crippen LogP contribution in [-0.4, -0.2) is 20.8 Å². The topological polar surface area (TPSA) is 84.2 Å². The Morgan fingerprint density at radius 2 is 2.08 bits per heavy atom. The van der Waals surface area contributed by atoms with Gasteiger partial charge in [0.25, 0.3) is 5.56 Å². The fraction of sp³-hybridized carbons (Fsp3) is 0.118. The van der Waals surface area contributed by atoms with Gasteiger partial charge in [0.05, 0.1) is 22.6 Å². The quantitative estimate of drug-likeness (QED) is 0.747. The van der Waals surface area contributed by atoms with E-state index in [1.807, 2.05) is 0 Å². The Bertz CT molecular complexity index is 1040. The van der Waals surface area contributed by atoms with E-state index in [1.165, 1.54) is 16.7 Å². The van der Waals surface area contributed by atoms with Gasteiger partial charge in [0, 0.05) is 5.02 Å². The van der Waals surface area contributed by atoms with Crippen molar-refractivity contribution in [2.75, 3.05) is 0 Å². The number of benzene rings is 2. The summed E-state index contributed by atoms with van der Waals surface area (Å²) in [5.74, 6) is -0.387. The summed E-state index contributed by atoms with van der Waals surface area (Å²) in [6.07, 6.45) is -1.25. The third-order valence-corrected chi connectivity index (χ3v) is 3.88. The van der Waals surface area contributed by atoms with Crippen LogP contribution in [0.1, 0.15) is 18.8 Å². The predicted octanol–water partition coefficient (Wildman–Crippen LogP) is 3.51. The lowest BCUT2D eigenvalue weighted by Gasteiger charge is -2.18. The van der Waals surface area contributed by atoms with E-state index in [0.29, 0.717) is 10.7 Å². The van der Waals surface area contributed by atoms with Crippen LogP contribution in [-0.2, 0) is 0 Å². The van der Waals surface area contributed by atoms with Crippen LogP contribution in [0, 0.1) is 5.82 Å². The lowest BCUT2D eigenvalue weighted by Crippen LogP contribution is -2.32. The number of nitrogens with zero attached hydrogens (tertiary/aromatic N) is 2. The minimum atomic E-state index is -1.25. The van der Waals surface area contributed by atoms with Crippen molar-refractivity contribution in [3.8, 4) is 5.69 Å². The molecule has 1 atom stereocenters. The number of nitrogens with one attached hydrogen (secondary N) is 1. The SMILES string of the molecule is CC(NC(=O)O)c1nc2ccc(F)cc2c(=O)n1-c1cccc(Cl)c1. The molecule has 1 aromatic heterocycles. The summed E-state index contributed by atoms with van der Waals surface area (Å²) in [4.78, 5) is 28.3. The lowest BCUT2D eigenvalue weighted by molar-refractivity contribution is 0.190. The van der Waals surface area contributed by atoms with Crippen LogP contribution in [0.5, 0.6) is 0 Å². The van der Waals surface area contributed by atoms with Gasteiger partial charge < -0.3 is 10.4 Å². The summed E-state index contributed by atoms with van der Waals surface area (Å²) in [5.41, 5.74) is 0.171. The van der Waals surface area contributed by atoms with Gasteiger partial charge in [-0.1, -0.05) is 17.7 Å². The molecular weight excluding hydrogens is 349 g/mol. The summed E-state index contributed by atoms with van der Waals surface area (Å²) >= 11 is 6.00. The molecule has 0 aliphatic carbocycles. The number of carbonyl (C=O) groups is 1. The highest BCUT2D eigenvalue weighted by atomic mass is 35.5. The third-order valence-electron chi connectivity index (χ3n) is 3.65. The molecule has 0 saturated heterocycles. The van der Waals surface area contributed by atoms with Crippen LogP contribution in [0.15, 0.2) is 47.3 Å². The minimum absolute atomic E-state index is 0.0891. The van der Waals surface area contributed by atoms with Crippen LogP contribution >= 0.6 is 11.6 Å². The van der Waals surface area contributed by atoms with Crippen LogP contribution in [0.3, 0.4) is 0 Å². The first-order valence-corrected chi connectivity index (χ1v) is 7.72. The van der Waals surface area contributed by atoms with E-state index >= 15 is 0 Å². The van der Waals surface area contributed by atoms with Crippen LogP contribution in [0.4, 0.5) is 9.18 Å². The van der Waals surface area contributed by atoms with Crippen molar-refractivity contribution < 1.29 is 14.3 Å². The first kappa shape index (κ1) is 16.9. The second-order valence-corrected chi connectivity index (χ2v) is 5.86. The van der Waals surface area contributed by atoms with E-state index in [4.69, 9.17) is 16.7 Å². The molecule has 0 spiro atoms. The first-order valence-electron chi connectivity index (χ1n) is 7.34. The number of carboxylic acid groups (broad SMARTS) is 1. The summed E-state index contributed by atoms with van der Waals surface area (Å²) < 4.78 is 14.8. The number of halogens is 2. The van der Waals surface area contributed by atoms with E-state index in [1.54, 1.807) is 31.2 Å². The maximum atomic E-state index is 13.6. The molecule has 25 heavy (non-hydrogen) atoms. The van der Waals surface area contributed by atoms with E-state index in [2.05, 4.69) is 10.3 Å². The van der Waals surface area contributed by atoms with Crippen molar-refractivity contribution in [3.63, 3.8) is 0 Å².